The molecule has 88 valence electrons. The molecule has 1 unspecified atom stereocenters. The lowest BCUT2D eigenvalue weighted by Crippen LogP contribution is -2.43. The quantitative estimate of drug-likeness (QED) is 0.892. The molecule has 0 saturated carbocycles. The Balaban J connectivity index is 2.02. The molecular formula is C12H16BrFN2. The highest BCUT2D eigenvalue weighted by Crippen LogP contribution is 2.22. The van der Waals surface area contributed by atoms with E-state index in [0.717, 1.165) is 25.1 Å². The van der Waals surface area contributed by atoms with E-state index in [0.29, 0.717) is 11.0 Å². The van der Waals surface area contributed by atoms with Gasteiger partial charge in [0.2, 0.25) is 0 Å². The lowest BCUT2D eigenvalue weighted by Gasteiger charge is -2.24. The molecule has 1 atom stereocenters. The van der Waals surface area contributed by atoms with Crippen molar-refractivity contribution < 1.29 is 4.39 Å². The number of halogens is 2. The molecule has 1 fully saturated rings. The Morgan fingerprint density at radius 1 is 1.56 bits per heavy atom. The molecule has 1 aliphatic heterocycles. The highest BCUT2D eigenvalue weighted by atomic mass is 79.9. The largest absolute Gasteiger partial charge is 0.315 e. The molecule has 1 saturated heterocycles. The van der Waals surface area contributed by atoms with Crippen LogP contribution in [0.2, 0.25) is 0 Å². The Morgan fingerprint density at radius 2 is 2.38 bits per heavy atom. The van der Waals surface area contributed by atoms with Gasteiger partial charge in [0.1, 0.15) is 5.82 Å². The average molecular weight is 287 g/mol. The number of hydrogen-bond donors (Lipinski definition) is 2. The van der Waals surface area contributed by atoms with Crippen LogP contribution in [0.5, 0.6) is 0 Å². The smallest absolute Gasteiger partial charge is 0.137 e. The summed E-state index contributed by atoms with van der Waals surface area (Å²) in [6.45, 7) is 4.91. The monoisotopic (exact) mass is 286 g/mol. The summed E-state index contributed by atoms with van der Waals surface area (Å²) in [5.41, 5.74) is 1.10. The summed E-state index contributed by atoms with van der Waals surface area (Å²) in [6.07, 6.45) is 1.11. The van der Waals surface area contributed by atoms with Crippen molar-refractivity contribution in [1.82, 2.24) is 10.6 Å². The van der Waals surface area contributed by atoms with Crippen molar-refractivity contribution >= 4 is 15.9 Å². The fraction of sp³-hybridized carbons (Fsp3) is 0.500. The third-order valence-corrected chi connectivity index (χ3v) is 3.99. The number of nitrogens with one attached hydrogen (secondary N) is 2. The third kappa shape index (κ3) is 2.62. The first-order chi connectivity index (χ1) is 7.61. The SMILES string of the molecule is CC1(NCc2cccc(F)c2Br)CCNC1. The van der Waals surface area contributed by atoms with E-state index >= 15 is 0 Å². The Labute approximate surface area is 104 Å². The van der Waals surface area contributed by atoms with Gasteiger partial charge in [-0.15, -0.1) is 0 Å². The van der Waals surface area contributed by atoms with Gasteiger partial charge in [-0.05, 0) is 47.4 Å². The average Bonchev–Trinajstić information content (AvgIpc) is 2.68. The van der Waals surface area contributed by atoms with E-state index in [-0.39, 0.29) is 11.4 Å². The minimum absolute atomic E-state index is 0.131. The number of hydrogen-bond acceptors (Lipinski definition) is 2. The molecule has 2 rings (SSSR count). The zero-order valence-electron chi connectivity index (χ0n) is 9.32. The van der Waals surface area contributed by atoms with Gasteiger partial charge in [0.05, 0.1) is 4.47 Å². The van der Waals surface area contributed by atoms with Gasteiger partial charge in [-0.25, -0.2) is 4.39 Å². The first-order valence-corrected chi connectivity index (χ1v) is 6.29. The fourth-order valence-corrected chi connectivity index (χ4v) is 2.37. The van der Waals surface area contributed by atoms with Gasteiger partial charge in [-0.1, -0.05) is 12.1 Å². The molecule has 1 aromatic carbocycles. The first kappa shape index (κ1) is 12.0. The zero-order chi connectivity index (χ0) is 11.6. The molecule has 1 heterocycles. The van der Waals surface area contributed by atoms with E-state index in [1.165, 1.54) is 6.07 Å². The molecule has 16 heavy (non-hydrogen) atoms. The van der Waals surface area contributed by atoms with E-state index < -0.39 is 0 Å². The standard InChI is InChI=1S/C12H16BrFN2/c1-12(5-6-15-8-12)16-7-9-3-2-4-10(14)11(9)13/h2-4,15-16H,5-8H2,1H3. The molecule has 0 spiro atoms. The lowest BCUT2D eigenvalue weighted by molar-refractivity contribution is 0.385. The van der Waals surface area contributed by atoms with Crippen molar-refractivity contribution in [2.75, 3.05) is 13.1 Å². The maximum absolute atomic E-state index is 13.3. The second-order valence-corrected chi connectivity index (χ2v) is 5.35. The lowest BCUT2D eigenvalue weighted by atomic mass is 10.0. The Hall–Kier alpha value is -0.450. The van der Waals surface area contributed by atoms with Crippen LogP contribution in [0.25, 0.3) is 0 Å². The fourth-order valence-electron chi connectivity index (χ4n) is 1.96. The highest BCUT2D eigenvalue weighted by molar-refractivity contribution is 9.10. The summed E-state index contributed by atoms with van der Waals surface area (Å²) in [7, 11) is 0. The second kappa shape index (κ2) is 4.82. The van der Waals surface area contributed by atoms with Gasteiger partial charge in [-0.2, -0.15) is 0 Å². The normalized spacial score (nSPS) is 24.9. The summed E-state index contributed by atoms with van der Waals surface area (Å²) in [4.78, 5) is 0. The summed E-state index contributed by atoms with van der Waals surface area (Å²) >= 11 is 3.28. The van der Waals surface area contributed by atoms with Gasteiger partial charge < -0.3 is 10.6 Å². The molecule has 0 amide bonds. The van der Waals surface area contributed by atoms with E-state index in [4.69, 9.17) is 0 Å². The van der Waals surface area contributed by atoms with E-state index in [9.17, 15) is 4.39 Å². The van der Waals surface area contributed by atoms with Crippen LogP contribution in [-0.2, 0) is 6.54 Å². The van der Waals surface area contributed by atoms with Gasteiger partial charge in [0, 0.05) is 18.6 Å². The maximum atomic E-state index is 13.3. The van der Waals surface area contributed by atoms with E-state index in [1.54, 1.807) is 6.07 Å². The predicted molar refractivity (Wildman–Crippen MR) is 66.8 cm³/mol. The molecule has 2 N–H and O–H groups in total. The highest BCUT2D eigenvalue weighted by Gasteiger charge is 2.27. The molecule has 0 bridgehead atoms. The van der Waals surface area contributed by atoms with E-state index in [1.807, 2.05) is 6.07 Å². The Bertz CT molecular complexity index is 375. The van der Waals surface area contributed by atoms with Crippen LogP contribution in [-0.4, -0.2) is 18.6 Å². The van der Waals surface area contributed by atoms with Crippen LogP contribution in [0.15, 0.2) is 22.7 Å². The second-order valence-electron chi connectivity index (χ2n) is 4.55. The summed E-state index contributed by atoms with van der Waals surface area (Å²) in [5, 5.41) is 6.81. The molecule has 2 nitrogen and oxygen atoms in total. The zero-order valence-corrected chi connectivity index (χ0v) is 10.9. The van der Waals surface area contributed by atoms with Crippen molar-refractivity contribution in [3.63, 3.8) is 0 Å². The van der Waals surface area contributed by atoms with Gasteiger partial charge in [-0.3, -0.25) is 0 Å². The Kier molecular flexibility index (Phi) is 3.62. The third-order valence-electron chi connectivity index (χ3n) is 3.11. The topological polar surface area (TPSA) is 24.1 Å². The molecule has 0 aliphatic carbocycles. The van der Waals surface area contributed by atoms with Crippen LogP contribution in [0.4, 0.5) is 4.39 Å². The van der Waals surface area contributed by atoms with Crippen molar-refractivity contribution in [2.45, 2.75) is 25.4 Å². The summed E-state index contributed by atoms with van der Waals surface area (Å²) in [5.74, 6) is -0.200. The molecule has 0 aromatic heterocycles. The number of rotatable bonds is 3. The van der Waals surface area contributed by atoms with E-state index in [2.05, 4.69) is 33.5 Å². The van der Waals surface area contributed by atoms with Gasteiger partial charge in [0.25, 0.3) is 0 Å². The van der Waals surface area contributed by atoms with Crippen LogP contribution >= 0.6 is 15.9 Å². The van der Waals surface area contributed by atoms with Crippen LogP contribution in [0, 0.1) is 5.82 Å². The van der Waals surface area contributed by atoms with Crippen molar-refractivity contribution in [3.05, 3.63) is 34.1 Å². The molecule has 1 aromatic rings. The summed E-state index contributed by atoms with van der Waals surface area (Å²) < 4.78 is 13.9. The van der Waals surface area contributed by atoms with Crippen LogP contribution in [0.1, 0.15) is 18.9 Å². The van der Waals surface area contributed by atoms with Crippen molar-refractivity contribution in [2.24, 2.45) is 0 Å². The Morgan fingerprint density at radius 3 is 3.06 bits per heavy atom. The first-order valence-electron chi connectivity index (χ1n) is 5.49. The number of benzene rings is 1. The molecular weight excluding hydrogens is 271 g/mol. The van der Waals surface area contributed by atoms with Gasteiger partial charge >= 0.3 is 0 Å². The minimum Gasteiger partial charge on any atom is -0.315 e. The van der Waals surface area contributed by atoms with Crippen molar-refractivity contribution in [3.8, 4) is 0 Å². The maximum Gasteiger partial charge on any atom is 0.137 e. The van der Waals surface area contributed by atoms with Crippen LogP contribution < -0.4 is 10.6 Å². The predicted octanol–water partition coefficient (Wildman–Crippen LogP) is 2.43. The molecule has 0 radical (unpaired) electrons. The van der Waals surface area contributed by atoms with Crippen LogP contribution in [0.3, 0.4) is 0 Å². The van der Waals surface area contributed by atoms with Crippen molar-refractivity contribution in [1.29, 1.82) is 0 Å². The molecule has 4 heteroatoms. The van der Waals surface area contributed by atoms with Gasteiger partial charge in [0.15, 0.2) is 0 Å². The summed E-state index contributed by atoms with van der Waals surface area (Å²) in [6, 6.07) is 5.14. The molecule has 1 aliphatic rings. The minimum atomic E-state index is -0.200.